The minimum absolute atomic E-state index is 0.224. The molecule has 0 spiro atoms. The van der Waals surface area contributed by atoms with Gasteiger partial charge in [-0.2, -0.15) is 4.99 Å². The van der Waals surface area contributed by atoms with Gasteiger partial charge in [0.1, 0.15) is 4.99 Å². The van der Waals surface area contributed by atoms with Gasteiger partial charge in [-0.15, -0.1) is 0 Å². The van der Waals surface area contributed by atoms with E-state index in [4.69, 9.17) is 23.8 Å². The molecule has 0 radical (unpaired) electrons. The molecule has 60 valence electrons. The lowest BCUT2D eigenvalue weighted by Gasteiger charge is -1.94. The second kappa shape index (κ2) is 4.12. The number of thiocarbonyl (C=S) groups is 1. The summed E-state index contributed by atoms with van der Waals surface area (Å²) in [5, 5.41) is 0.622. The number of benzene rings is 1. The van der Waals surface area contributed by atoms with E-state index >= 15 is 0 Å². The SMILES string of the molecule is O=C=NC(=S)c1ccc(Cl)cc1. The molecular weight excluding hydrogens is 194 g/mol. The zero-order valence-corrected chi connectivity index (χ0v) is 7.52. The van der Waals surface area contributed by atoms with Crippen molar-refractivity contribution in [2.24, 2.45) is 4.99 Å². The van der Waals surface area contributed by atoms with Gasteiger partial charge in [-0.05, 0) is 12.1 Å². The van der Waals surface area contributed by atoms with Gasteiger partial charge in [0, 0.05) is 10.6 Å². The first-order valence-electron chi connectivity index (χ1n) is 3.12. The van der Waals surface area contributed by atoms with E-state index in [9.17, 15) is 4.79 Å². The predicted molar refractivity (Wildman–Crippen MR) is 51.3 cm³/mol. The molecule has 0 atom stereocenters. The Kier molecular flexibility index (Phi) is 3.11. The highest BCUT2D eigenvalue weighted by Crippen LogP contribution is 2.10. The van der Waals surface area contributed by atoms with Crippen LogP contribution in [0.3, 0.4) is 0 Å². The average molecular weight is 198 g/mol. The lowest BCUT2D eigenvalue weighted by Crippen LogP contribution is -1.90. The van der Waals surface area contributed by atoms with Crippen molar-refractivity contribution in [3.8, 4) is 0 Å². The van der Waals surface area contributed by atoms with E-state index in [-0.39, 0.29) is 4.99 Å². The summed E-state index contributed by atoms with van der Waals surface area (Å²) in [4.78, 5) is 13.4. The molecule has 0 aromatic heterocycles. The van der Waals surface area contributed by atoms with Crippen molar-refractivity contribution < 1.29 is 4.79 Å². The van der Waals surface area contributed by atoms with Gasteiger partial charge in [0.25, 0.3) is 0 Å². The lowest BCUT2D eigenvalue weighted by atomic mass is 10.2. The first-order valence-corrected chi connectivity index (χ1v) is 3.90. The molecule has 1 aromatic rings. The van der Waals surface area contributed by atoms with Gasteiger partial charge < -0.3 is 0 Å². The topological polar surface area (TPSA) is 29.4 Å². The maximum Gasteiger partial charge on any atom is 0.241 e. The molecule has 4 heteroatoms. The largest absolute Gasteiger partial charge is 0.241 e. The van der Waals surface area contributed by atoms with Crippen LogP contribution in [0.15, 0.2) is 29.3 Å². The molecule has 0 saturated carbocycles. The molecular formula is C8H4ClNOS. The summed E-state index contributed by atoms with van der Waals surface area (Å²) in [7, 11) is 0. The first kappa shape index (κ1) is 9.07. The van der Waals surface area contributed by atoms with Crippen molar-refractivity contribution in [3.05, 3.63) is 34.9 Å². The van der Waals surface area contributed by atoms with Crippen molar-refractivity contribution in [2.75, 3.05) is 0 Å². The molecule has 0 aliphatic carbocycles. The summed E-state index contributed by atoms with van der Waals surface area (Å²) in [5.41, 5.74) is 0.692. The van der Waals surface area contributed by atoms with Crippen LogP contribution in [-0.4, -0.2) is 11.1 Å². The fourth-order valence-corrected chi connectivity index (χ4v) is 0.998. The molecule has 2 nitrogen and oxygen atoms in total. The number of isocyanates is 1. The van der Waals surface area contributed by atoms with E-state index in [0.29, 0.717) is 10.6 Å². The third-order valence-electron chi connectivity index (χ3n) is 1.24. The van der Waals surface area contributed by atoms with Crippen LogP contribution in [0.25, 0.3) is 0 Å². The van der Waals surface area contributed by atoms with Gasteiger partial charge in [0.2, 0.25) is 6.08 Å². The molecule has 0 heterocycles. The van der Waals surface area contributed by atoms with Crippen molar-refractivity contribution in [2.45, 2.75) is 0 Å². The molecule has 0 amide bonds. The summed E-state index contributed by atoms with van der Waals surface area (Å²) in [6.07, 6.45) is 1.38. The zero-order valence-electron chi connectivity index (χ0n) is 5.95. The van der Waals surface area contributed by atoms with Crippen molar-refractivity contribution in [1.29, 1.82) is 0 Å². The minimum Gasteiger partial charge on any atom is -0.211 e. The van der Waals surface area contributed by atoms with Crippen LogP contribution >= 0.6 is 23.8 Å². The highest BCUT2D eigenvalue weighted by atomic mass is 35.5. The van der Waals surface area contributed by atoms with E-state index in [0.717, 1.165) is 0 Å². The zero-order chi connectivity index (χ0) is 8.97. The van der Waals surface area contributed by atoms with Crippen LogP contribution < -0.4 is 0 Å². The molecule has 0 saturated heterocycles. The van der Waals surface area contributed by atoms with Crippen LogP contribution in [0, 0.1) is 0 Å². The van der Waals surface area contributed by atoms with Gasteiger partial charge in [-0.3, -0.25) is 0 Å². The Morgan fingerprint density at radius 3 is 2.50 bits per heavy atom. The minimum atomic E-state index is 0.224. The second-order valence-corrected chi connectivity index (χ2v) is 2.84. The number of rotatable bonds is 1. The number of halogens is 1. The summed E-state index contributed by atoms with van der Waals surface area (Å²) in [5.74, 6) is 0. The number of nitrogens with zero attached hydrogens (tertiary/aromatic N) is 1. The fourth-order valence-electron chi connectivity index (χ4n) is 0.698. The first-order chi connectivity index (χ1) is 5.74. The quantitative estimate of drug-likeness (QED) is 0.393. The second-order valence-electron chi connectivity index (χ2n) is 2.02. The van der Waals surface area contributed by atoms with Gasteiger partial charge in [-0.1, -0.05) is 36.0 Å². The van der Waals surface area contributed by atoms with E-state index in [1.54, 1.807) is 24.3 Å². The summed E-state index contributed by atoms with van der Waals surface area (Å²) in [6.45, 7) is 0. The number of aliphatic imine (C=N–C) groups is 1. The number of carbonyl (C=O) groups excluding carboxylic acids is 1. The normalized spacial score (nSPS) is 8.75. The Labute approximate surface area is 79.9 Å². The predicted octanol–water partition coefficient (Wildman–Crippen LogP) is 2.35. The number of hydrogen-bond donors (Lipinski definition) is 0. The van der Waals surface area contributed by atoms with Gasteiger partial charge >= 0.3 is 0 Å². The lowest BCUT2D eigenvalue weighted by molar-refractivity contribution is 0.566. The Balaban J connectivity index is 2.97. The third kappa shape index (κ3) is 2.24. The van der Waals surface area contributed by atoms with Crippen LogP contribution in [0.1, 0.15) is 5.56 Å². The Morgan fingerprint density at radius 2 is 2.00 bits per heavy atom. The van der Waals surface area contributed by atoms with Crippen molar-refractivity contribution >= 4 is 34.9 Å². The van der Waals surface area contributed by atoms with Crippen LogP contribution in [-0.2, 0) is 4.79 Å². The maximum absolute atomic E-state index is 9.85. The smallest absolute Gasteiger partial charge is 0.211 e. The van der Waals surface area contributed by atoms with E-state index < -0.39 is 0 Å². The standard InChI is InChI=1S/C8H4ClNOS/c9-7-3-1-6(2-4-7)8(12)10-5-11/h1-4H. The molecule has 12 heavy (non-hydrogen) atoms. The third-order valence-corrected chi connectivity index (χ3v) is 1.82. The molecule has 1 rings (SSSR count). The van der Waals surface area contributed by atoms with Gasteiger partial charge in [0.05, 0.1) is 0 Å². The molecule has 0 bridgehead atoms. The molecule has 0 aliphatic heterocycles. The highest BCUT2D eigenvalue weighted by molar-refractivity contribution is 7.80. The summed E-state index contributed by atoms with van der Waals surface area (Å²) >= 11 is 10.4. The van der Waals surface area contributed by atoms with Gasteiger partial charge in [-0.25, -0.2) is 4.79 Å². The average Bonchev–Trinajstić information content (AvgIpc) is 2.06. The van der Waals surface area contributed by atoms with Crippen molar-refractivity contribution in [1.82, 2.24) is 0 Å². The fraction of sp³-hybridized carbons (Fsp3) is 0. The molecule has 0 aliphatic rings. The van der Waals surface area contributed by atoms with Crippen molar-refractivity contribution in [3.63, 3.8) is 0 Å². The van der Waals surface area contributed by atoms with Crippen LogP contribution in [0.5, 0.6) is 0 Å². The summed E-state index contributed by atoms with van der Waals surface area (Å²) < 4.78 is 0. The maximum atomic E-state index is 9.85. The Morgan fingerprint density at radius 1 is 1.42 bits per heavy atom. The molecule has 1 aromatic carbocycles. The van der Waals surface area contributed by atoms with E-state index in [1.165, 1.54) is 6.08 Å². The summed E-state index contributed by atoms with van der Waals surface area (Å²) in [6, 6.07) is 6.77. The van der Waals surface area contributed by atoms with E-state index in [2.05, 4.69) is 4.99 Å². The molecule has 0 fully saturated rings. The highest BCUT2D eigenvalue weighted by Gasteiger charge is 1.97. The number of hydrogen-bond acceptors (Lipinski definition) is 2. The van der Waals surface area contributed by atoms with E-state index in [1.807, 2.05) is 0 Å². The Hall–Kier alpha value is -1.02. The van der Waals surface area contributed by atoms with Crippen LogP contribution in [0.2, 0.25) is 5.02 Å². The molecule has 0 unspecified atom stereocenters. The molecule has 0 N–H and O–H groups in total. The Bertz CT molecular complexity index is 341. The monoisotopic (exact) mass is 197 g/mol. The van der Waals surface area contributed by atoms with Gasteiger partial charge in [0.15, 0.2) is 0 Å². The van der Waals surface area contributed by atoms with Crippen LogP contribution in [0.4, 0.5) is 0 Å².